The summed E-state index contributed by atoms with van der Waals surface area (Å²) < 4.78 is 5.55. The third kappa shape index (κ3) is 3.45. The van der Waals surface area contributed by atoms with E-state index in [1.807, 2.05) is 44.2 Å². The molecule has 0 bridgehead atoms. The Labute approximate surface area is 139 Å². The zero-order valence-electron chi connectivity index (χ0n) is 13.2. The summed E-state index contributed by atoms with van der Waals surface area (Å²) in [5.74, 6) is 0.733. The average Bonchev–Trinajstić information content (AvgIpc) is 3.08. The Kier molecular flexibility index (Phi) is 4.48. The van der Waals surface area contributed by atoms with Gasteiger partial charge in [0.25, 0.3) is 0 Å². The van der Waals surface area contributed by atoms with Crippen LogP contribution in [0.2, 0.25) is 0 Å². The molecule has 2 aromatic rings. The number of thiophene rings is 1. The zero-order valence-corrected chi connectivity index (χ0v) is 14.0. The number of rotatable bonds is 5. The number of hydrogen-bond acceptors (Lipinski definition) is 4. The molecule has 1 aliphatic rings. The van der Waals surface area contributed by atoms with Crippen LogP contribution in [0.5, 0.6) is 5.75 Å². The van der Waals surface area contributed by atoms with Crippen LogP contribution in [0.1, 0.15) is 44.6 Å². The minimum Gasteiger partial charge on any atom is -0.491 e. The molecule has 1 aliphatic heterocycles. The Morgan fingerprint density at radius 3 is 2.78 bits per heavy atom. The number of benzene rings is 1. The largest absolute Gasteiger partial charge is 0.491 e. The number of fused-ring (bicyclic) bond motifs is 1. The highest BCUT2D eigenvalue weighted by Crippen LogP contribution is 2.31. The molecule has 0 unspecified atom stereocenters. The van der Waals surface area contributed by atoms with Gasteiger partial charge in [-0.2, -0.15) is 0 Å². The Morgan fingerprint density at radius 1 is 1.26 bits per heavy atom. The van der Waals surface area contributed by atoms with E-state index in [-0.39, 0.29) is 30.6 Å². The number of ketones is 1. The molecular weight excluding hydrogens is 310 g/mol. The summed E-state index contributed by atoms with van der Waals surface area (Å²) in [5.41, 5.74) is 1.74. The fourth-order valence-corrected chi connectivity index (χ4v) is 3.76. The molecule has 0 radical (unpaired) electrons. The van der Waals surface area contributed by atoms with E-state index in [4.69, 9.17) is 4.74 Å². The van der Waals surface area contributed by atoms with Gasteiger partial charge >= 0.3 is 0 Å². The third-order valence-electron chi connectivity index (χ3n) is 3.96. The molecular formula is C18H19NO3S. The standard InChI is InChI=1S/C18H19NO3S/c1-11-9-14(12(2)23-11)16(20)7-8-18(21)19-15-10-22-17-6-4-3-5-13(15)17/h3-6,9,15H,7-8,10H2,1-2H3,(H,19,21)/t15-/m1/s1. The Balaban J connectivity index is 1.55. The van der Waals surface area contributed by atoms with Crippen molar-refractivity contribution in [2.45, 2.75) is 32.7 Å². The second kappa shape index (κ2) is 6.54. The molecule has 0 saturated carbocycles. The van der Waals surface area contributed by atoms with Gasteiger partial charge < -0.3 is 10.1 Å². The van der Waals surface area contributed by atoms with Crippen LogP contribution < -0.4 is 10.1 Å². The Hall–Kier alpha value is -2.14. The van der Waals surface area contributed by atoms with E-state index in [1.54, 1.807) is 11.3 Å². The van der Waals surface area contributed by atoms with Gasteiger partial charge in [-0.25, -0.2) is 0 Å². The maximum absolute atomic E-state index is 12.2. The van der Waals surface area contributed by atoms with Crippen molar-refractivity contribution in [1.29, 1.82) is 0 Å². The summed E-state index contributed by atoms with van der Waals surface area (Å²) in [6.45, 7) is 4.37. The van der Waals surface area contributed by atoms with Crippen LogP contribution in [0.25, 0.3) is 0 Å². The third-order valence-corrected chi connectivity index (χ3v) is 4.92. The van der Waals surface area contributed by atoms with E-state index in [9.17, 15) is 9.59 Å². The van der Waals surface area contributed by atoms with Gasteiger partial charge in [0.2, 0.25) is 5.91 Å². The molecule has 23 heavy (non-hydrogen) atoms. The quantitative estimate of drug-likeness (QED) is 0.853. The number of Topliss-reactive ketones (excluding diaryl/α,β-unsaturated/α-hetero) is 1. The summed E-state index contributed by atoms with van der Waals surface area (Å²) in [6.07, 6.45) is 0.434. The van der Waals surface area contributed by atoms with Gasteiger partial charge in [-0.15, -0.1) is 11.3 Å². The van der Waals surface area contributed by atoms with E-state index >= 15 is 0 Å². The smallest absolute Gasteiger partial charge is 0.221 e. The molecule has 0 fully saturated rings. The SMILES string of the molecule is Cc1cc(C(=O)CCC(=O)N[C@@H]2COc3ccccc32)c(C)s1. The predicted molar refractivity (Wildman–Crippen MR) is 90.2 cm³/mol. The van der Waals surface area contributed by atoms with Crippen LogP contribution in [0, 0.1) is 13.8 Å². The van der Waals surface area contributed by atoms with Crippen molar-refractivity contribution in [3.05, 3.63) is 51.2 Å². The molecule has 120 valence electrons. The number of nitrogens with one attached hydrogen (secondary N) is 1. The van der Waals surface area contributed by atoms with Crippen LogP contribution in [0.3, 0.4) is 0 Å². The molecule has 2 heterocycles. The lowest BCUT2D eigenvalue weighted by atomic mass is 10.1. The van der Waals surface area contributed by atoms with Gasteiger partial charge in [0.1, 0.15) is 12.4 Å². The number of carbonyl (C=O) groups excluding carboxylic acids is 2. The topological polar surface area (TPSA) is 55.4 Å². The van der Waals surface area contributed by atoms with E-state index in [1.165, 1.54) is 0 Å². The van der Waals surface area contributed by atoms with Crippen molar-refractivity contribution in [3.8, 4) is 5.75 Å². The highest BCUT2D eigenvalue weighted by molar-refractivity contribution is 7.12. The van der Waals surface area contributed by atoms with Gasteiger partial charge in [-0.05, 0) is 26.0 Å². The fourth-order valence-electron chi connectivity index (χ4n) is 2.82. The average molecular weight is 329 g/mol. The molecule has 3 rings (SSSR count). The van der Waals surface area contributed by atoms with E-state index in [0.717, 1.165) is 26.6 Å². The van der Waals surface area contributed by atoms with Gasteiger partial charge in [0.15, 0.2) is 5.78 Å². The first-order chi connectivity index (χ1) is 11.0. The van der Waals surface area contributed by atoms with Crippen molar-refractivity contribution in [3.63, 3.8) is 0 Å². The zero-order chi connectivity index (χ0) is 16.4. The number of hydrogen-bond donors (Lipinski definition) is 1. The number of carbonyl (C=O) groups is 2. The molecule has 5 heteroatoms. The predicted octanol–water partition coefficient (Wildman–Crippen LogP) is 3.58. The highest BCUT2D eigenvalue weighted by atomic mass is 32.1. The number of ether oxygens (including phenoxy) is 1. The summed E-state index contributed by atoms with van der Waals surface area (Å²) in [7, 11) is 0. The number of amides is 1. The van der Waals surface area contributed by atoms with Crippen molar-refractivity contribution < 1.29 is 14.3 Å². The molecule has 1 amide bonds. The highest BCUT2D eigenvalue weighted by Gasteiger charge is 2.25. The first-order valence-electron chi connectivity index (χ1n) is 7.66. The van der Waals surface area contributed by atoms with E-state index < -0.39 is 0 Å². The van der Waals surface area contributed by atoms with Crippen molar-refractivity contribution >= 4 is 23.0 Å². The molecule has 1 aromatic carbocycles. The Morgan fingerprint density at radius 2 is 2.04 bits per heavy atom. The minimum absolute atomic E-state index is 0.0325. The van der Waals surface area contributed by atoms with Gasteiger partial charge in [0.05, 0.1) is 6.04 Å². The fraction of sp³-hybridized carbons (Fsp3) is 0.333. The van der Waals surface area contributed by atoms with Gasteiger partial charge in [-0.3, -0.25) is 9.59 Å². The van der Waals surface area contributed by atoms with Crippen LogP contribution in [0.4, 0.5) is 0 Å². The van der Waals surface area contributed by atoms with Crippen molar-refractivity contribution in [2.75, 3.05) is 6.61 Å². The van der Waals surface area contributed by atoms with Crippen LogP contribution in [-0.4, -0.2) is 18.3 Å². The van der Waals surface area contributed by atoms with Gasteiger partial charge in [-0.1, -0.05) is 18.2 Å². The van der Waals surface area contributed by atoms with Crippen LogP contribution in [0.15, 0.2) is 30.3 Å². The number of para-hydroxylation sites is 1. The Bertz CT molecular complexity index is 750. The maximum Gasteiger partial charge on any atom is 0.221 e. The molecule has 0 saturated heterocycles. The second-order valence-electron chi connectivity index (χ2n) is 5.72. The monoisotopic (exact) mass is 329 g/mol. The first kappa shape index (κ1) is 15.7. The minimum atomic E-state index is -0.126. The summed E-state index contributed by atoms with van der Waals surface area (Å²) in [6, 6.07) is 9.47. The lowest BCUT2D eigenvalue weighted by molar-refractivity contribution is -0.121. The maximum atomic E-state index is 12.2. The van der Waals surface area contributed by atoms with Crippen molar-refractivity contribution in [1.82, 2.24) is 5.32 Å². The summed E-state index contributed by atoms with van der Waals surface area (Å²) in [5, 5.41) is 2.95. The molecule has 0 aliphatic carbocycles. The molecule has 4 nitrogen and oxygen atoms in total. The second-order valence-corrected chi connectivity index (χ2v) is 7.18. The molecule has 1 atom stereocenters. The lowest BCUT2D eigenvalue weighted by Gasteiger charge is -2.11. The van der Waals surface area contributed by atoms with Crippen LogP contribution in [-0.2, 0) is 4.79 Å². The van der Waals surface area contributed by atoms with E-state index in [2.05, 4.69) is 5.32 Å². The summed E-state index contributed by atoms with van der Waals surface area (Å²) in [4.78, 5) is 26.5. The normalized spacial score (nSPS) is 15.8. The molecule has 1 aromatic heterocycles. The van der Waals surface area contributed by atoms with Gasteiger partial charge in [0, 0.05) is 33.7 Å². The number of aryl methyl sites for hydroxylation is 2. The van der Waals surface area contributed by atoms with Crippen molar-refractivity contribution in [2.24, 2.45) is 0 Å². The summed E-state index contributed by atoms with van der Waals surface area (Å²) >= 11 is 1.61. The lowest BCUT2D eigenvalue weighted by Crippen LogP contribution is -2.29. The van der Waals surface area contributed by atoms with E-state index in [0.29, 0.717) is 6.61 Å². The van der Waals surface area contributed by atoms with Crippen LogP contribution >= 0.6 is 11.3 Å². The first-order valence-corrected chi connectivity index (χ1v) is 8.47. The molecule has 1 N–H and O–H groups in total. The molecule has 0 spiro atoms.